The van der Waals surface area contributed by atoms with Crippen LogP contribution in [0.5, 0.6) is 5.75 Å². The number of carbonyl (C=O) groups is 2. The first-order valence-corrected chi connectivity index (χ1v) is 10.4. The minimum atomic E-state index is -1.73. The highest BCUT2D eigenvalue weighted by Gasteiger charge is 2.22. The monoisotopic (exact) mass is 394 g/mol. The van der Waals surface area contributed by atoms with Crippen LogP contribution in [0.3, 0.4) is 0 Å². The highest BCUT2D eigenvalue weighted by Crippen LogP contribution is 2.20. The van der Waals surface area contributed by atoms with Gasteiger partial charge in [-0.1, -0.05) is 76.8 Å². The fourth-order valence-electron chi connectivity index (χ4n) is 2.82. The number of esters is 2. The van der Waals surface area contributed by atoms with Crippen LogP contribution in [0.25, 0.3) is 0 Å². The third-order valence-corrected chi connectivity index (χ3v) is 4.50. The van der Waals surface area contributed by atoms with Crippen molar-refractivity contribution in [2.24, 2.45) is 0 Å². The van der Waals surface area contributed by atoms with Gasteiger partial charge in [0.2, 0.25) is 0 Å². The Hall–Kier alpha value is -1.92. The summed E-state index contributed by atoms with van der Waals surface area (Å²) in [5.41, 5.74) is 0.119. The molecule has 0 aliphatic carbocycles. The Morgan fingerprint density at radius 3 is 2.11 bits per heavy atom. The number of unbranched alkanes of at least 4 members (excludes halogenated alkanes) is 9. The molecule has 0 saturated heterocycles. The molecule has 0 aromatic heterocycles. The van der Waals surface area contributed by atoms with Crippen molar-refractivity contribution in [1.29, 1.82) is 0 Å². The molecule has 0 aliphatic heterocycles. The van der Waals surface area contributed by atoms with E-state index >= 15 is 0 Å². The molecule has 0 amide bonds. The lowest BCUT2D eigenvalue weighted by Crippen LogP contribution is -2.28. The number of benzene rings is 1. The topological polar surface area (TPSA) is 93.1 Å². The normalized spacial score (nSPS) is 11.8. The zero-order chi connectivity index (χ0) is 20.6. The Morgan fingerprint density at radius 1 is 0.929 bits per heavy atom. The minimum Gasteiger partial charge on any atom is -0.493 e. The number of aliphatic hydroxyl groups is 2. The van der Waals surface area contributed by atoms with Gasteiger partial charge in [-0.25, -0.2) is 9.59 Å². The summed E-state index contributed by atoms with van der Waals surface area (Å²) in [6.07, 6.45) is 10.5. The Balaban J connectivity index is 2.26. The number of hydrogen-bond donors (Lipinski definition) is 2. The lowest BCUT2D eigenvalue weighted by Gasteiger charge is -2.11. The molecule has 6 nitrogen and oxygen atoms in total. The molecule has 0 radical (unpaired) electrons. The average molecular weight is 395 g/mol. The highest BCUT2D eigenvalue weighted by molar-refractivity contribution is 5.99. The molecule has 1 aromatic rings. The summed E-state index contributed by atoms with van der Waals surface area (Å²) in [5, 5.41) is 17.9. The van der Waals surface area contributed by atoms with E-state index in [1.54, 1.807) is 18.2 Å². The fourth-order valence-corrected chi connectivity index (χ4v) is 2.82. The van der Waals surface area contributed by atoms with E-state index < -0.39 is 24.6 Å². The highest BCUT2D eigenvalue weighted by atomic mass is 16.6. The molecule has 6 heteroatoms. The van der Waals surface area contributed by atoms with Crippen LogP contribution in [-0.4, -0.2) is 41.5 Å². The van der Waals surface area contributed by atoms with Crippen LogP contribution in [0.4, 0.5) is 0 Å². The van der Waals surface area contributed by atoms with E-state index in [0.29, 0.717) is 12.4 Å². The first-order chi connectivity index (χ1) is 13.6. The Bertz CT molecular complexity index is 572. The van der Waals surface area contributed by atoms with Crippen molar-refractivity contribution in [1.82, 2.24) is 0 Å². The molecule has 0 aliphatic rings. The van der Waals surface area contributed by atoms with Gasteiger partial charge in [0.1, 0.15) is 11.3 Å². The largest absolute Gasteiger partial charge is 0.493 e. The van der Waals surface area contributed by atoms with Gasteiger partial charge in [0, 0.05) is 0 Å². The summed E-state index contributed by atoms with van der Waals surface area (Å²) in [6.45, 7) is 1.90. The van der Waals surface area contributed by atoms with Crippen LogP contribution in [0.1, 0.15) is 81.5 Å². The third-order valence-electron chi connectivity index (χ3n) is 4.50. The smallest absolute Gasteiger partial charge is 0.349 e. The van der Waals surface area contributed by atoms with Crippen molar-refractivity contribution >= 4 is 11.9 Å². The lowest BCUT2D eigenvalue weighted by atomic mass is 10.1. The van der Waals surface area contributed by atoms with E-state index in [-0.39, 0.29) is 5.56 Å². The first-order valence-electron chi connectivity index (χ1n) is 10.4. The maximum Gasteiger partial charge on any atom is 0.349 e. The molecule has 1 aromatic carbocycles. The Kier molecular flexibility index (Phi) is 13.0. The number of rotatable bonds is 15. The SMILES string of the molecule is CCCCCCCCCCCCOc1ccccc1C(=O)OC(=O)C(O)CO. The number of carbonyl (C=O) groups excluding carboxylic acids is 2. The van der Waals surface area contributed by atoms with Gasteiger partial charge in [-0.3, -0.25) is 0 Å². The van der Waals surface area contributed by atoms with Crippen molar-refractivity contribution in [2.45, 2.75) is 77.2 Å². The van der Waals surface area contributed by atoms with Gasteiger partial charge in [0.15, 0.2) is 6.10 Å². The van der Waals surface area contributed by atoms with Crippen LogP contribution >= 0.6 is 0 Å². The number of ether oxygens (including phenoxy) is 2. The van der Waals surface area contributed by atoms with Gasteiger partial charge in [-0.2, -0.15) is 0 Å². The molecule has 1 unspecified atom stereocenters. The van der Waals surface area contributed by atoms with Crippen LogP contribution in [0, 0.1) is 0 Å². The molecule has 1 rings (SSSR count). The van der Waals surface area contributed by atoms with E-state index in [1.165, 1.54) is 57.4 Å². The summed E-state index contributed by atoms with van der Waals surface area (Å²) in [6, 6.07) is 6.50. The molecule has 0 heterocycles. The van der Waals surface area contributed by atoms with E-state index in [9.17, 15) is 14.7 Å². The summed E-state index contributed by atoms with van der Waals surface area (Å²) < 4.78 is 10.2. The van der Waals surface area contributed by atoms with E-state index in [2.05, 4.69) is 11.7 Å². The Morgan fingerprint density at radius 2 is 1.50 bits per heavy atom. The predicted molar refractivity (Wildman–Crippen MR) is 107 cm³/mol. The second-order valence-electron chi connectivity index (χ2n) is 6.93. The van der Waals surface area contributed by atoms with E-state index in [4.69, 9.17) is 9.84 Å². The Labute approximate surface area is 167 Å². The van der Waals surface area contributed by atoms with Gasteiger partial charge in [0.05, 0.1) is 13.2 Å². The van der Waals surface area contributed by atoms with Gasteiger partial charge in [0.25, 0.3) is 0 Å². The van der Waals surface area contributed by atoms with Crippen LogP contribution < -0.4 is 4.74 Å². The van der Waals surface area contributed by atoms with Crippen molar-refractivity contribution in [3.63, 3.8) is 0 Å². The third kappa shape index (κ3) is 9.85. The van der Waals surface area contributed by atoms with Gasteiger partial charge < -0.3 is 19.7 Å². The molecule has 1 atom stereocenters. The number of para-hydroxylation sites is 1. The van der Waals surface area contributed by atoms with Gasteiger partial charge in [-0.15, -0.1) is 0 Å². The zero-order valence-electron chi connectivity index (χ0n) is 16.9. The molecule has 0 saturated carbocycles. The van der Waals surface area contributed by atoms with Crippen molar-refractivity contribution in [2.75, 3.05) is 13.2 Å². The molecule has 2 N–H and O–H groups in total. The van der Waals surface area contributed by atoms with Crippen molar-refractivity contribution in [3.05, 3.63) is 29.8 Å². The van der Waals surface area contributed by atoms with E-state index in [1.807, 2.05) is 0 Å². The van der Waals surface area contributed by atoms with Crippen LogP contribution in [0.15, 0.2) is 24.3 Å². The second-order valence-corrected chi connectivity index (χ2v) is 6.93. The van der Waals surface area contributed by atoms with E-state index in [0.717, 1.165) is 12.8 Å². The number of aliphatic hydroxyl groups excluding tert-OH is 2. The summed E-state index contributed by atoms with van der Waals surface area (Å²) in [7, 11) is 0. The zero-order valence-corrected chi connectivity index (χ0v) is 16.9. The molecule has 0 fully saturated rings. The second kappa shape index (κ2) is 15.1. The molecule has 0 spiro atoms. The molecular weight excluding hydrogens is 360 g/mol. The molecular formula is C22H34O6. The molecule has 0 bridgehead atoms. The summed E-state index contributed by atoms with van der Waals surface area (Å²) in [4.78, 5) is 23.5. The maximum atomic E-state index is 12.1. The molecule has 28 heavy (non-hydrogen) atoms. The van der Waals surface area contributed by atoms with Crippen LogP contribution in [-0.2, 0) is 9.53 Å². The predicted octanol–water partition coefficient (Wildman–Crippen LogP) is 4.02. The van der Waals surface area contributed by atoms with Crippen molar-refractivity contribution in [3.8, 4) is 5.75 Å². The number of hydrogen-bond acceptors (Lipinski definition) is 6. The quantitative estimate of drug-likeness (QED) is 0.265. The van der Waals surface area contributed by atoms with Crippen molar-refractivity contribution < 1.29 is 29.3 Å². The lowest BCUT2D eigenvalue weighted by molar-refractivity contribution is -0.149. The minimum absolute atomic E-state index is 0.119. The van der Waals surface area contributed by atoms with Gasteiger partial charge >= 0.3 is 11.9 Å². The first kappa shape index (κ1) is 24.1. The van der Waals surface area contributed by atoms with Gasteiger partial charge in [-0.05, 0) is 18.6 Å². The standard InChI is InChI=1S/C22H34O6/c1-2-3-4-5-6-7-8-9-10-13-16-27-20-15-12-11-14-18(20)21(25)28-22(26)19(24)17-23/h11-12,14-15,19,23-24H,2-10,13,16-17H2,1H3. The maximum absolute atomic E-state index is 12.1. The molecule has 158 valence electrons. The fraction of sp³-hybridized carbons (Fsp3) is 0.636. The summed E-state index contributed by atoms with van der Waals surface area (Å²) in [5.74, 6) is -1.75. The summed E-state index contributed by atoms with van der Waals surface area (Å²) >= 11 is 0. The average Bonchev–Trinajstić information content (AvgIpc) is 2.71. The van der Waals surface area contributed by atoms with Crippen LogP contribution in [0.2, 0.25) is 0 Å².